The number of hydrogen-bond donors (Lipinski definition) is 0. The van der Waals surface area contributed by atoms with E-state index in [1.165, 1.54) is 0 Å². The Bertz CT molecular complexity index is 851. The molecule has 0 bridgehead atoms. The van der Waals surface area contributed by atoms with Crippen LogP contribution in [0.2, 0.25) is 0 Å². The summed E-state index contributed by atoms with van der Waals surface area (Å²) in [4.78, 5) is 12.1. The van der Waals surface area contributed by atoms with Gasteiger partial charge < -0.3 is 4.74 Å². The van der Waals surface area contributed by atoms with E-state index in [1.807, 2.05) is 72.8 Å². The molecule has 0 unspecified atom stereocenters. The van der Waals surface area contributed by atoms with E-state index >= 15 is 0 Å². The van der Waals surface area contributed by atoms with Crippen LogP contribution in [0, 0.1) is 0 Å². The predicted octanol–water partition coefficient (Wildman–Crippen LogP) is 5.92. The average Bonchev–Trinajstić information content (AvgIpc) is 2.67. The summed E-state index contributed by atoms with van der Waals surface area (Å²) in [6.07, 6.45) is 3.40. The molecule has 3 heteroatoms. The van der Waals surface area contributed by atoms with Gasteiger partial charge in [0.1, 0.15) is 12.4 Å². The van der Waals surface area contributed by atoms with Gasteiger partial charge in [-0.05, 0) is 53.6 Å². The molecule has 0 radical (unpaired) electrons. The number of carbonyl (C=O) groups excluding carboxylic acids is 1. The third-order valence-corrected chi connectivity index (χ3v) is 4.21. The van der Waals surface area contributed by atoms with Gasteiger partial charge in [0, 0.05) is 10.0 Å². The fraction of sp³-hybridized carbons (Fsp3) is 0.0455. The van der Waals surface area contributed by atoms with Crippen LogP contribution in [0.25, 0.3) is 6.08 Å². The van der Waals surface area contributed by atoms with Crippen molar-refractivity contribution in [1.82, 2.24) is 0 Å². The molecule has 0 N–H and O–H groups in total. The molecular weight excluding hydrogens is 376 g/mol. The van der Waals surface area contributed by atoms with Crippen LogP contribution >= 0.6 is 15.9 Å². The van der Waals surface area contributed by atoms with Crippen molar-refractivity contribution in [2.24, 2.45) is 0 Å². The van der Waals surface area contributed by atoms with Crippen molar-refractivity contribution in [3.63, 3.8) is 0 Å². The standard InChI is InChI=1S/C22H17BrO2/c23-20-11-9-19(10-12-20)22(24)15-8-17-6-13-21(14-7-17)25-16-18-4-2-1-3-5-18/h1-15H,16H2/b15-8+. The van der Waals surface area contributed by atoms with Crippen molar-refractivity contribution >= 4 is 27.8 Å². The van der Waals surface area contributed by atoms with E-state index in [1.54, 1.807) is 18.2 Å². The van der Waals surface area contributed by atoms with Crippen LogP contribution in [-0.2, 0) is 6.61 Å². The van der Waals surface area contributed by atoms with Crippen LogP contribution < -0.4 is 4.74 Å². The van der Waals surface area contributed by atoms with Crippen molar-refractivity contribution in [3.05, 3.63) is 106 Å². The Kier molecular flexibility index (Phi) is 5.81. The molecule has 0 heterocycles. The van der Waals surface area contributed by atoms with E-state index in [-0.39, 0.29) is 5.78 Å². The number of carbonyl (C=O) groups is 1. The lowest BCUT2D eigenvalue weighted by Crippen LogP contribution is -1.95. The summed E-state index contributed by atoms with van der Waals surface area (Å²) < 4.78 is 6.72. The summed E-state index contributed by atoms with van der Waals surface area (Å²) in [5.41, 5.74) is 2.76. The lowest BCUT2D eigenvalue weighted by molar-refractivity contribution is 0.104. The van der Waals surface area contributed by atoms with Crippen LogP contribution in [0.3, 0.4) is 0 Å². The molecule has 0 aromatic heterocycles. The zero-order valence-electron chi connectivity index (χ0n) is 13.6. The SMILES string of the molecule is O=C(/C=C/c1ccc(OCc2ccccc2)cc1)c1ccc(Br)cc1. The van der Waals surface area contributed by atoms with Crippen molar-refractivity contribution in [2.75, 3.05) is 0 Å². The summed E-state index contributed by atoms with van der Waals surface area (Å²) in [6.45, 7) is 0.540. The highest BCUT2D eigenvalue weighted by atomic mass is 79.9. The summed E-state index contributed by atoms with van der Waals surface area (Å²) >= 11 is 3.36. The lowest BCUT2D eigenvalue weighted by Gasteiger charge is -2.06. The van der Waals surface area contributed by atoms with Crippen molar-refractivity contribution in [2.45, 2.75) is 6.61 Å². The molecule has 0 aliphatic carbocycles. The minimum absolute atomic E-state index is 0.0168. The van der Waals surface area contributed by atoms with Gasteiger partial charge in [-0.3, -0.25) is 4.79 Å². The van der Waals surface area contributed by atoms with Crippen molar-refractivity contribution < 1.29 is 9.53 Å². The molecule has 0 amide bonds. The molecule has 0 atom stereocenters. The number of benzene rings is 3. The highest BCUT2D eigenvalue weighted by Gasteiger charge is 2.01. The smallest absolute Gasteiger partial charge is 0.185 e. The first-order valence-electron chi connectivity index (χ1n) is 7.95. The molecular formula is C22H17BrO2. The lowest BCUT2D eigenvalue weighted by atomic mass is 10.1. The maximum atomic E-state index is 12.1. The third kappa shape index (κ3) is 5.16. The van der Waals surface area contributed by atoms with Crippen LogP contribution in [0.1, 0.15) is 21.5 Å². The number of rotatable bonds is 6. The van der Waals surface area contributed by atoms with Crippen LogP contribution in [0.15, 0.2) is 89.4 Å². The maximum Gasteiger partial charge on any atom is 0.185 e. The summed E-state index contributed by atoms with van der Waals surface area (Å²) in [7, 11) is 0. The summed E-state index contributed by atoms with van der Waals surface area (Å²) in [5, 5.41) is 0. The second-order valence-corrected chi connectivity index (χ2v) is 6.46. The normalized spacial score (nSPS) is 10.8. The Morgan fingerprint density at radius 3 is 2.24 bits per heavy atom. The van der Waals surface area contributed by atoms with Gasteiger partial charge in [-0.1, -0.05) is 64.5 Å². The van der Waals surface area contributed by atoms with Gasteiger partial charge in [0.25, 0.3) is 0 Å². The largest absolute Gasteiger partial charge is 0.489 e. The third-order valence-electron chi connectivity index (χ3n) is 3.68. The zero-order valence-corrected chi connectivity index (χ0v) is 15.1. The van der Waals surface area contributed by atoms with E-state index in [0.717, 1.165) is 21.3 Å². The Morgan fingerprint density at radius 2 is 1.56 bits per heavy atom. The minimum Gasteiger partial charge on any atom is -0.489 e. The van der Waals surface area contributed by atoms with Gasteiger partial charge in [-0.2, -0.15) is 0 Å². The fourth-order valence-corrected chi connectivity index (χ4v) is 2.56. The molecule has 3 rings (SSSR count). The average molecular weight is 393 g/mol. The number of hydrogen-bond acceptors (Lipinski definition) is 2. The Morgan fingerprint density at radius 1 is 0.880 bits per heavy atom. The number of halogens is 1. The van der Waals surface area contributed by atoms with Crippen LogP contribution in [-0.4, -0.2) is 5.78 Å². The van der Waals surface area contributed by atoms with Gasteiger partial charge in [0.2, 0.25) is 0 Å². The van der Waals surface area contributed by atoms with E-state index in [4.69, 9.17) is 4.74 Å². The highest BCUT2D eigenvalue weighted by Crippen LogP contribution is 2.16. The molecule has 3 aromatic rings. The van der Waals surface area contributed by atoms with Gasteiger partial charge in [0.15, 0.2) is 5.78 Å². The van der Waals surface area contributed by atoms with Gasteiger partial charge >= 0.3 is 0 Å². The number of allylic oxidation sites excluding steroid dienone is 1. The maximum absolute atomic E-state index is 12.1. The molecule has 124 valence electrons. The van der Waals surface area contributed by atoms with E-state index in [2.05, 4.69) is 15.9 Å². The van der Waals surface area contributed by atoms with Crippen molar-refractivity contribution in [3.8, 4) is 5.75 Å². The minimum atomic E-state index is -0.0168. The second-order valence-electron chi connectivity index (χ2n) is 5.55. The molecule has 2 nitrogen and oxygen atoms in total. The molecule has 0 aliphatic heterocycles. The molecule has 25 heavy (non-hydrogen) atoms. The highest BCUT2D eigenvalue weighted by molar-refractivity contribution is 9.10. The first-order valence-corrected chi connectivity index (χ1v) is 8.75. The first kappa shape index (κ1) is 17.2. The number of ketones is 1. The molecule has 0 aliphatic rings. The fourth-order valence-electron chi connectivity index (χ4n) is 2.30. The Hall–Kier alpha value is -2.65. The Balaban J connectivity index is 1.58. The van der Waals surface area contributed by atoms with Crippen LogP contribution in [0.5, 0.6) is 5.75 Å². The molecule has 0 spiro atoms. The predicted molar refractivity (Wildman–Crippen MR) is 105 cm³/mol. The topological polar surface area (TPSA) is 26.3 Å². The van der Waals surface area contributed by atoms with E-state index in [0.29, 0.717) is 12.2 Å². The molecule has 0 saturated heterocycles. The summed E-state index contributed by atoms with van der Waals surface area (Å²) in [5.74, 6) is 0.789. The van der Waals surface area contributed by atoms with Gasteiger partial charge in [0.05, 0.1) is 0 Å². The molecule has 0 fully saturated rings. The van der Waals surface area contributed by atoms with Gasteiger partial charge in [-0.25, -0.2) is 0 Å². The first-order chi connectivity index (χ1) is 12.2. The Labute approximate surface area is 155 Å². The van der Waals surface area contributed by atoms with Crippen LogP contribution in [0.4, 0.5) is 0 Å². The second kappa shape index (κ2) is 8.45. The molecule has 0 saturated carbocycles. The quantitative estimate of drug-likeness (QED) is 0.384. The number of ether oxygens (including phenoxy) is 1. The van der Waals surface area contributed by atoms with E-state index in [9.17, 15) is 4.79 Å². The van der Waals surface area contributed by atoms with E-state index < -0.39 is 0 Å². The van der Waals surface area contributed by atoms with Crippen molar-refractivity contribution in [1.29, 1.82) is 0 Å². The monoisotopic (exact) mass is 392 g/mol. The molecule has 3 aromatic carbocycles. The van der Waals surface area contributed by atoms with Gasteiger partial charge in [-0.15, -0.1) is 0 Å². The zero-order chi connectivity index (χ0) is 17.5. The summed E-state index contributed by atoms with van der Waals surface area (Å²) in [6, 6.07) is 25.1.